The average Bonchev–Trinajstić information content (AvgIpc) is 3.07. The summed E-state index contributed by atoms with van der Waals surface area (Å²) in [5.41, 5.74) is 5.65. The topological polar surface area (TPSA) is 75.7 Å². The first-order valence-electron chi connectivity index (χ1n) is 9.67. The molecule has 0 bridgehead atoms. The lowest BCUT2D eigenvalue weighted by molar-refractivity contribution is -0.151. The second-order valence-corrected chi connectivity index (χ2v) is 7.53. The molecule has 6 heteroatoms. The van der Waals surface area contributed by atoms with Crippen LogP contribution in [-0.4, -0.2) is 30.9 Å². The van der Waals surface area contributed by atoms with E-state index in [9.17, 15) is 14.4 Å². The molecule has 29 heavy (non-hydrogen) atoms. The van der Waals surface area contributed by atoms with E-state index in [1.807, 2.05) is 58.0 Å². The molecule has 1 heterocycles. The highest BCUT2D eigenvalue weighted by Gasteiger charge is 2.37. The average molecular weight is 394 g/mol. The van der Waals surface area contributed by atoms with E-state index in [-0.39, 0.29) is 25.5 Å². The summed E-state index contributed by atoms with van der Waals surface area (Å²) in [7, 11) is 0. The summed E-state index contributed by atoms with van der Waals surface area (Å²) in [5.74, 6) is -1.61. The fourth-order valence-electron chi connectivity index (χ4n) is 3.45. The minimum atomic E-state index is -0.573. The lowest BCUT2D eigenvalue weighted by Crippen LogP contribution is -2.28. The molecule has 152 valence electrons. The molecule has 3 rings (SSSR count). The summed E-state index contributed by atoms with van der Waals surface area (Å²) in [6, 6.07) is 11.4. The molecule has 2 amide bonds. The first-order chi connectivity index (χ1) is 13.8. The zero-order valence-corrected chi connectivity index (χ0v) is 17.2. The number of amides is 2. The van der Waals surface area contributed by atoms with Crippen molar-refractivity contribution < 1.29 is 19.1 Å². The lowest BCUT2D eigenvalue weighted by Gasteiger charge is -2.20. The van der Waals surface area contributed by atoms with Gasteiger partial charge in [-0.2, -0.15) is 0 Å². The van der Waals surface area contributed by atoms with Crippen LogP contribution in [0.3, 0.4) is 0 Å². The Morgan fingerprint density at radius 3 is 2.41 bits per heavy atom. The largest absolute Gasteiger partial charge is 0.455 e. The third-order valence-corrected chi connectivity index (χ3v) is 5.55. The number of nitrogens with zero attached hydrogens (tertiary/aromatic N) is 1. The SMILES string of the molecule is Cc1cccc(NC(=O)COC(=O)[C@@H]2CC(=O)N(c3cccc(C)c3C)C2)c1C. The van der Waals surface area contributed by atoms with Gasteiger partial charge in [-0.25, -0.2) is 0 Å². The Bertz CT molecular complexity index is 967. The van der Waals surface area contributed by atoms with Gasteiger partial charge >= 0.3 is 5.97 Å². The molecule has 0 radical (unpaired) electrons. The quantitative estimate of drug-likeness (QED) is 0.788. The monoisotopic (exact) mass is 394 g/mol. The summed E-state index contributed by atoms with van der Waals surface area (Å²) < 4.78 is 5.19. The van der Waals surface area contributed by atoms with Crippen LogP contribution in [0, 0.1) is 33.6 Å². The molecule has 0 spiro atoms. The number of nitrogens with one attached hydrogen (secondary N) is 1. The van der Waals surface area contributed by atoms with Crippen LogP contribution < -0.4 is 10.2 Å². The van der Waals surface area contributed by atoms with Crippen LogP contribution >= 0.6 is 0 Å². The normalized spacial score (nSPS) is 16.1. The number of benzene rings is 2. The minimum absolute atomic E-state index is 0.0881. The van der Waals surface area contributed by atoms with Gasteiger partial charge in [0, 0.05) is 24.3 Å². The molecular formula is C23H26N2O4. The molecule has 1 fully saturated rings. The molecule has 2 aromatic carbocycles. The van der Waals surface area contributed by atoms with Crippen LogP contribution in [0.4, 0.5) is 11.4 Å². The van der Waals surface area contributed by atoms with Gasteiger partial charge in [0.05, 0.1) is 5.92 Å². The van der Waals surface area contributed by atoms with Crippen molar-refractivity contribution >= 4 is 29.2 Å². The Labute approximate surface area is 170 Å². The van der Waals surface area contributed by atoms with Crippen LogP contribution in [0.15, 0.2) is 36.4 Å². The lowest BCUT2D eigenvalue weighted by atomic mass is 10.1. The maximum atomic E-state index is 12.4. The number of carbonyl (C=O) groups excluding carboxylic acids is 3. The van der Waals surface area contributed by atoms with Gasteiger partial charge < -0.3 is 15.0 Å². The van der Waals surface area contributed by atoms with Gasteiger partial charge in [-0.05, 0) is 62.1 Å². The summed E-state index contributed by atoms with van der Waals surface area (Å²) in [4.78, 5) is 38.6. The van der Waals surface area contributed by atoms with Gasteiger partial charge in [0.15, 0.2) is 6.61 Å². The molecule has 0 aromatic heterocycles. The van der Waals surface area contributed by atoms with Crippen LogP contribution in [-0.2, 0) is 19.1 Å². The molecule has 0 unspecified atom stereocenters. The van der Waals surface area contributed by atoms with E-state index >= 15 is 0 Å². The van der Waals surface area contributed by atoms with E-state index in [1.54, 1.807) is 11.0 Å². The second kappa shape index (κ2) is 8.47. The van der Waals surface area contributed by atoms with E-state index in [0.29, 0.717) is 5.69 Å². The Morgan fingerprint density at radius 2 is 1.69 bits per heavy atom. The maximum Gasteiger partial charge on any atom is 0.311 e. The van der Waals surface area contributed by atoms with E-state index in [1.165, 1.54) is 0 Å². The van der Waals surface area contributed by atoms with Crippen molar-refractivity contribution in [3.8, 4) is 0 Å². The van der Waals surface area contributed by atoms with Crippen molar-refractivity contribution in [1.29, 1.82) is 0 Å². The number of esters is 1. The molecule has 1 aliphatic rings. The highest BCUT2D eigenvalue weighted by atomic mass is 16.5. The number of rotatable bonds is 5. The molecular weight excluding hydrogens is 368 g/mol. The summed E-state index contributed by atoms with van der Waals surface area (Å²) in [5, 5.41) is 2.76. The standard InChI is InChI=1S/C23H26N2O4/c1-14-7-5-9-19(16(14)3)24-21(26)13-29-23(28)18-11-22(27)25(12-18)20-10-6-8-15(2)17(20)4/h5-10,18H,11-13H2,1-4H3,(H,24,26)/t18-/m1/s1. The molecule has 6 nitrogen and oxygen atoms in total. The Hall–Kier alpha value is -3.15. The summed E-state index contributed by atoms with van der Waals surface area (Å²) in [6.45, 7) is 7.72. The van der Waals surface area contributed by atoms with E-state index < -0.39 is 17.8 Å². The maximum absolute atomic E-state index is 12.4. The van der Waals surface area contributed by atoms with Crippen LogP contribution in [0.5, 0.6) is 0 Å². The Kier molecular flexibility index (Phi) is 6.01. The molecule has 1 atom stereocenters. The van der Waals surface area contributed by atoms with Gasteiger partial charge in [0.1, 0.15) is 0 Å². The van der Waals surface area contributed by atoms with Crippen LogP contribution in [0.1, 0.15) is 28.7 Å². The van der Waals surface area contributed by atoms with Crippen LogP contribution in [0.25, 0.3) is 0 Å². The van der Waals surface area contributed by atoms with Gasteiger partial charge in [-0.1, -0.05) is 24.3 Å². The third kappa shape index (κ3) is 4.47. The van der Waals surface area contributed by atoms with Crippen molar-refractivity contribution in [3.63, 3.8) is 0 Å². The highest BCUT2D eigenvalue weighted by molar-refractivity contribution is 6.00. The van der Waals surface area contributed by atoms with E-state index in [2.05, 4.69) is 5.32 Å². The molecule has 1 aliphatic heterocycles. The van der Waals surface area contributed by atoms with Gasteiger partial charge in [0.25, 0.3) is 5.91 Å². The number of anilines is 2. The second-order valence-electron chi connectivity index (χ2n) is 7.53. The molecule has 0 saturated carbocycles. The molecule has 1 saturated heterocycles. The van der Waals surface area contributed by atoms with Crippen LogP contribution in [0.2, 0.25) is 0 Å². The molecule has 2 aromatic rings. The zero-order chi connectivity index (χ0) is 21.1. The first-order valence-corrected chi connectivity index (χ1v) is 9.67. The number of aryl methyl sites for hydroxylation is 2. The van der Waals surface area contributed by atoms with Crippen molar-refractivity contribution in [2.75, 3.05) is 23.4 Å². The van der Waals surface area contributed by atoms with Gasteiger partial charge in [-0.3, -0.25) is 14.4 Å². The Balaban J connectivity index is 1.57. The smallest absolute Gasteiger partial charge is 0.311 e. The van der Waals surface area contributed by atoms with E-state index in [4.69, 9.17) is 4.74 Å². The van der Waals surface area contributed by atoms with Crippen molar-refractivity contribution in [3.05, 3.63) is 58.7 Å². The number of hydrogen-bond donors (Lipinski definition) is 1. The number of carbonyl (C=O) groups is 3. The van der Waals surface area contributed by atoms with Gasteiger partial charge in [0.2, 0.25) is 5.91 Å². The van der Waals surface area contributed by atoms with Crippen molar-refractivity contribution in [2.24, 2.45) is 5.92 Å². The summed E-state index contributed by atoms with van der Waals surface area (Å²) in [6.07, 6.45) is 0.0881. The predicted octanol–water partition coefficient (Wildman–Crippen LogP) is 3.46. The van der Waals surface area contributed by atoms with E-state index in [0.717, 1.165) is 27.9 Å². The molecule has 0 aliphatic carbocycles. The van der Waals surface area contributed by atoms with Crippen molar-refractivity contribution in [2.45, 2.75) is 34.1 Å². The van der Waals surface area contributed by atoms with Crippen molar-refractivity contribution in [1.82, 2.24) is 0 Å². The number of ether oxygens (including phenoxy) is 1. The third-order valence-electron chi connectivity index (χ3n) is 5.55. The first kappa shape index (κ1) is 20.6. The summed E-state index contributed by atoms with van der Waals surface area (Å²) >= 11 is 0. The highest BCUT2D eigenvalue weighted by Crippen LogP contribution is 2.29. The predicted molar refractivity (Wildman–Crippen MR) is 112 cm³/mol. The number of hydrogen-bond acceptors (Lipinski definition) is 4. The fraction of sp³-hybridized carbons (Fsp3) is 0.348. The zero-order valence-electron chi connectivity index (χ0n) is 17.2. The Morgan fingerprint density at radius 1 is 1.03 bits per heavy atom. The molecule has 1 N–H and O–H groups in total. The fourth-order valence-corrected chi connectivity index (χ4v) is 3.45. The minimum Gasteiger partial charge on any atom is -0.455 e. The van der Waals surface area contributed by atoms with Gasteiger partial charge in [-0.15, -0.1) is 0 Å².